The van der Waals surface area contributed by atoms with Crippen LogP contribution in [0.15, 0.2) is 48.0 Å². The van der Waals surface area contributed by atoms with Crippen LogP contribution in [0, 0.1) is 11.6 Å². The lowest BCUT2D eigenvalue weighted by atomic mass is 10.1. The lowest BCUT2D eigenvalue weighted by molar-refractivity contribution is -0.121. The average molecular weight is 359 g/mol. The van der Waals surface area contributed by atoms with Gasteiger partial charge in [0.1, 0.15) is 5.01 Å². The number of amides is 1. The zero-order valence-electron chi connectivity index (χ0n) is 13.4. The van der Waals surface area contributed by atoms with Crippen molar-refractivity contribution in [2.24, 2.45) is 0 Å². The predicted molar refractivity (Wildman–Crippen MR) is 92.0 cm³/mol. The summed E-state index contributed by atoms with van der Waals surface area (Å²) in [6, 6.07) is 8.70. The fourth-order valence-electron chi connectivity index (χ4n) is 2.32. The van der Waals surface area contributed by atoms with Gasteiger partial charge in [-0.3, -0.25) is 9.78 Å². The van der Waals surface area contributed by atoms with Crippen LogP contribution >= 0.6 is 11.3 Å². The third-order valence-corrected chi connectivity index (χ3v) is 4.51. The van der Waals surface area contributed by atoms with Crippen molar-refractivity contribution in [3.8, 4) is 10.7 Å². The first kappa shape index (κ1) is 17.2. The molecule has 2 heterocycles. The third kappa shape index (κ3) is 4.24. The molecule has 25 heavy (non-hydrogen) atoms. The molecule has 2 aromatic heterocycles. The summed E-state index contributed by atoms with van der Waals surface area (Å²) in [5.74, 6) is -2.08. The first-order chi connectivity index (χ1) is 12.0. The van der Waals surface area contributed by atoms with Gasteiger partial charge in [-0.15, -0.1) is 11.3 Å². The summed E-state index contributed by atoms with van der Waals surface area (Å²) in [6.45, 7) is 1.71. The second kappa shape index (κ2) is 7.48. The maximum absolute atomic E-state index is 13.3. The number of carbonyl (C=O) groups is 1. The van der Waals surface area contributed by atoms with E-state index in [0.717, 1.165) is 22.8 Å². The molecule has 0 spiro atoms. The summed E-state index contributed by atoms with van der Waals surface area (Å²) < 4.78 is 26.3. The molecule has 0 radical (unpaired) electrons. The van der Waals surface area contributed by atoms with Crippen molar-refractivity contribution >= 4 is 17.2 Å². The van der Waals surface area contributed by atoms with Crippen LogP contribution in [-0.4, -0.2) is 15.9 Å². The van der Waals surface area contributed by atoms with Gasteiger partial charge < -0.3 is 5.32 Å². The van der Waals surface area contributed by atoms with Gasteiger partial charge in [0.25, 0.3) is 0 Å². The topological polar surface area (TPSA) is 54.9 Å². The minimum absolute atomic E-state index is 0.108. The first-order valence-electron chi connectivity index (χ1n) is 7.63. The average Bonchev–Trinajstić information content (AvgIpc) is 3.06. The van der Waals surface area contributed by atoms with Gasteiger partial charge in [-0.05, 0) is 36.8 Å². The van der Waals surface area contributed by atoms with Crippen LogP contribution in [0.4, 0.5) is 8.78 Å². The van der Waals surface area contributed by atoms with Crippen molar-refractivity contribution < 1.29 is 13.6 Å². The Kier molecular flexibility index (Phi) is 5.14. The molecule has 1 amide bonds. The standard InChI is InChI=1S/C18H15F2N3OS/c1-11(12-5-6-14(19)15(20)8-12)22-17(24)9-13-10-25-18(23-13)16-4-2-3-7-21-16/h2-8,10-11H,9H2,1H3,(H,22,24). The van der Waals surface area contributed by atoms with Gasteiger partial charge in [0.15, 0.2) is 11.6 Å². The number of thiazole rings is 1. The quantitative estimate of drug-likeness (QED) is 0.752. The van der Waals surface area contributed by atoms with E-state index in [0.29, 0.717) is 11.3 Å². The fourth-order valence-corrected chi connectivity index (χ4v) is 3.11. The number of aromatic nitrogens is 2. The second-order valence-corrected chi connectivity index (χ2v) is 6.36. The molecule has 1 unspecified atom stereocenters. The van der Waals surface area contributed by atoms with Gasteiger partial charge >= 0.3 is 0 Å². The van der Waals surface area contributed by atoms with E-state index in [1.165, 1.54) is 17.4 Å². The normalized spacial score (nSPS) is 12.0. The van der Waals surface area contributed by atoms with Crippen molar-refractivity contribution in [3.63, 3.8) is 0 Å². The van der Waals surface area contributed by atoms with Crippen molar-refractivity contribution in [1.82, 2.24) is 15.3 Å². The smallest absolute Gasteiger partial charge is 0.226 e. The van der Waals surface area contributed by atoms with Crippen molar-refractivity contribution in [2.45, 2.75) is 19.4 Å². The molecule has 1 atom stereocenters. The number of hydrogen-bond donors (Lipinski definition) is 1. The summed E-state index contributed by atoms with van der Waals surface area (Å²) in [5.41, 5.74) is 1.90. The van der Waals surface area contributed by atoms with Crippen LogP contribution in [0.3, 0.4) is 0 Å². The highest BCUT2D eigenvalue weighted by molar-refractivity contribution is 7.13. The Bertz CT molecular complexity index is 883. The van der Waals surface area contributed by atoms with Gasteiger partial charge in [-0.1, -0.05) is 12.1 Å². The minimum atomic E-state index is -0.932. The number of benzene rings is 1. The minimum Gasteiger partial charge on any atom is -0.349 e. The molecule has 0 aliphatic heterocycles. The van der Waals surface area contributed by atoms with Gasteiger partial charge in [0, 0.05) is 11.6 Å². The number of carbonyl (C=O) groups excluding carboxylic acids is 1. The van der Waals surface area contributed by atoms with Crippen LogP contribution in [0.1, 0.15) is 24.2 Å². The van der Waals surface area contributed by atoms with Crippen LogP contribution in [0.2, 0.25) is 0 Å². The van der Waals surface area contributed by atoms with Gasteiger partial charge in [-0.2, -0.15) is 0 Å². The third-order valence-electron chi connectivity index (χ3n) is 3.60. The van der Waals surface area contributed by atoms with Gasteiger partial charge in [-0.25, -0.2) is 13.8 Å². The van der Waals surface area contributed by atoms with E-state index in [1.54, 1.807) is 13.1 Å². The Morgan fingerprint density at radius 3 is 2.80 bits per heavy atom. The van der Waals surface area contributed by atoms with E-state index in [2.05, 4.69) is 15.3 Å². The van der Waals surface area contributed by atoms with Crippen LogP contribution in [0.25, 0.3) is 10.7 Å². The summed E-state index contributed by atoms with van der Waals surface area (Å²) in [4.78, 5) is 20.8. The fraction of sp³-hybridized carbons (Fsp3) is 0.167. The van der Waals surface area contributed by atoms with Crippen molar-refractivity contribution in [2.75, 3.05) is 0 Å². The number of pyridine rings is 1. The van der Waals surface area contributed by atoms with E-state index in [1.807, 2.05) is 23.6 Å². The molecule has 1 aromatic carbocycles. The SMILES string of the molecule is CC(NC(=O)Cc1csc(-c2ccccn2)n1)c1ccc(F)c(F)c1. The zero-order valence-corrected chi connectivity index (χ0v) is 14.2. The van der Waals surface area contributed by atoms with Crippen molar-refractivity contribution in [1.29, 1.82) is 0 Å². The highest BCUT2D eigenvalue weighted by atomic mass is 32.1. The van der Waals surface area contributed by atoms with E-state index >= 15 is 0 Å². The molecule has 3 aromatic rings. The molecule has 3 rings (SSSR count). The lowest BCUT2D eigenvalue weighted by Crippen LogP contribution is -2.28. The summed E-state index contributed by atoms with van der Waals surface area (Å²) in [5, 5.41) is 5.32. The Hall–Kier alpha value is -2.67. The predicted octanol–water partition coefficient (Wildman–Crippen LogP) is 3.90. The Morgan fingerprint density at radius 1 is 1.24 bits per heavy atom. The molecule has 4 nitrogen and oxygen atoms in total. The number of nitrogens with zero attached hydrogens (tertiary/aromatic N) is 2. The van der Waals surface area contributed by atoms with E-state index in [9.17, 15) is 13.6 Å². The van der Waals surface area contributed by atoms with E-state index in [4.69, 9.17) is 0 Å². The van der Waals surface area contributed by atoms with Gasteiger partial charge in [0.2, 0.25) is 5.91 Å². The first-order valence-corrected chi connectivity index (χ1v) is 8.51. The van der Waals surface area contributed by atoms with Crippen LogP contribution < -0.4 is 5.32 Å². The molecule has 1 N–H and O–H groups in total. The molecular formula is C18H15F2N3OS. The zero-order chi connectivity index (χ0) is 17.8. The maximum atomic E-state index is 13.3. The second-order valence-electron chi connectivity index (χ2n) is 5.50. The Morgan fingerprint density at radius 2 is 2.08 bits per heavy atom. The highest BCUT2D eigenvalue weighted by Gasteiger charge is 2.14. The number of hydrogen-bond acceptors (Lipinski definition) is 4. The molecule has 0 bridgehead atoms. The van der Waals surface area contributed by atoms with Gasteiger partial charge in [0.05, 0.1) is 23.9 Å². The summed E-state index contributed by atoms with van der Waals surface area (Å²) in [6.07, 6.45) is 1.80. The maximum Gasteiger partial charge on any atom is 0.226 e. The van der Waals surface area contributed by atoms with Crippen molar-refractivity contribution in [3.05, 3.63) is 70.9 Å². The molecule has 0 aliphatic carbocycles. The largest absolute Gasteiger partial charge is 0.349 e. The lowest BCUT2D eigenvalue weighted by Gasteiger charge is -2.14. The molecule has 128 valence electrons. The molecule has 0 saturated heterocycles. The summed E-state index contributed by atoms with van der Waals surface area (Å²) in [7, 11) is 0. The Balaban J connectivity index is 1.62. The highest BCUT2D eigenvalue weighted by Crippen LogP contribution is 2.22. The van der Waals surface area contributed by atoms with Crippen LogP contribution in [0.5, 0.6) is 0 Å². The van der Waals surface area contributed by atoms with E-state index in [-0.39, 0.29) is 12.3 Å². The van der Waals surface area contributed by atoms with Crippen LogP contribution in [-0.2, 0) is 11.2 Å². The molecule has 7 heteroatoms. The van der Waals surface area contributed by atoms with E-state index < -0.39 is 17.7 Å². The Labute approximate surface area is 147 Å². The monoisotopic (exact) mass is 359 g/mol. The number of rotatable bonds is 5. The number of nitrogens with one attached hydrogen (secondary N) is 1. The number of halogens is 2. The molecule has 0 saturated carbocycles. The molecule has 0 aliphatic rings. The summed E-state index contributed by atoms with van der Waals surface area (Å²) >= 11 is 1.42. The molecule has 0 fully saturated rings. The molecular weight excluding hydrogens is 344 g/mol.